The summed E-state index contributed by atoms with van der Waals surface area (Å²) in [7, 11) is 1.60. The van der Waals surface area contributed by atoms with Gasteiger partial charge in [-0.05, 0) is 12.1 Å². The fourth-order valence-electron chi connectivity index (χ4n) is 0.666. The van der Waals surface area contributed by atoms with Gasteiger partial charge in [0.25, 0.3) is 0 Å². The topological polar surface area (TPSA) is 35.2 Å². The van der Waals surface area contributed by atoms with E-state index in [1.54, 1.807) is 13.2 Å². The van der Waals surface area contributed by atoms with E-state index in [9.17, 15) is 0 Å². The zero-order valence-corrected chi connectivity index (χ0v) is 8.29. The van der Waals surface area contributed by atoms with Crippen LogP contribution in [0.25, 0.3) is 0 Å². The predicted octanol–water partition coefficient (Wildman–Crippen LogP) is 0.897. The van der Waals surface area contributed by atoms with Crippen LogP contribution in [0.1, 0.15) is 0 Å². The number of benzene rings is 1. The third-order valence-corrected chi connectivity index (χ3v) is 1.14. The fourth-order valence-corrected chi connectivity index (χ4v) is 0.666. The molecule has 10 heavy (non-hydrogen) atoms. The first kappa shape index (κ1) is 9.82. The Labute approximate surface area is 82.7 Å². The molecule has 1 aromatic carbocycles. The van der Waals surface area contributed by atoms with E-state index < -0.39 is 0 Å². The largest absolute Gasteiger partial charge is 0.495 e. The van der Waals surface area contributed by atoms with Crippen LogP contribution < -0.4 is 10.5 Å². The summed E-state index contributed by atoms with van der Waals surface area (Å²) in [4.78, 5) is 0. The number of hydrogen-bond acceptors (Lipinski definition) is 2. The van der Waals surface area contributed by atoms with Crippen molar-refractivity contribution < 1.29 is 4.74 Å². The number of ether oxygens (including phenoxy) is 1. The Morgan fingerprint density at radius 3 is 2.30 bits per heavy atom. The molecular formula is C7H9NNaO. The molecule has 0 unspecified atom stereocenters. The van der Waals surface area contributed by atoms with Gasteiger partial charge >= 0.3 is 0 Å². The van der Waals surface area contributed by atoms with Gasteiger partial charge in [0.2, 0.25) is 0 Å². The van der Waals surface area contributed by atoms with Crippen molar-refractivity contribution in [1.29, 1.82) is 0 Å². The minimum atomic E-state index is 0. The van der Waals surface area contributed by atoms with Gasteiger partial charge in [0.1, 0.15) is 5.75 Å². The smallest absolute Gasteiger partial charge is 0.141 e. The van der Waals surface area contributed by atoms with Crippen molar-refractivity contribution in [2.24, 2.45) is 0 Å². The molecule has 49 valence electrons. The summed E-state index contributed by atoms with van der Waals surface area (Å²) in [5.74, 6) is 0.734. The molecule has 3 heteroatoms. The van der Waals surface area contributed by atoms with E-state index in [0.717, 1.165) is 5.75 Å². The molecular weight excluding hydrogens is 137 g/mol. The van der Waals surface area contributed by atoms with Crippen LogP contribution >= 0.6 is 0 Å². The van der Waals surface area contributed by atoms with Gasteiger partial charge < -0.3 is 10.5 Å². The average Bonchev–Trinajstić information content (AvgIpc) is 1.89. The molecule has 0 aliphatic carbocycles. The second-order valence-electron chi connectivity index (χ2n) is 1.74. The fraction of sp³-hybridized carbons (Fsp3) is 0.143. The molecule has 0 aliphatic rings. The second-order valence-corrected chi connectivity index (χ2v) is 1.74. The quantitative estimate of drug-likeness (QED) is 0.472. The van der Waals surface area contributed by atoms with E-state index in [1.165, 1.54) is 0 Å². The third-order valence-electron chi connectivity index (χ3n) is 1.14. The van der Waals surface area contributed by atoms with Crippen LogP contribution in [0.4, 0.5) is 5.69 Å². The molecule has 2 N–H and O–H groups in total. The Morgan fingerprint density at radius 1 is 1.30 bits per heavy atom. The van der Waals surface area contributed by atoms with Crippen molar-refractivity contribution >= 4 is 35.2 Å². The van der Waals surface area contributed by atoms with Gasteiger partial charge in [-0.2, -0.15) is 0 Å². The van der Waals surface area contributed by atoms with E-state index >= 15 is 0 Å². The number of anilines is 1. The van der Waals surface area contributed by atoms with E-state index in [4.69, 9.17) is 10.5 Å². The maximum absolute atomic E-state index is 5.51. The molecule has 0 fully saturated rings. The minimum absolute atomic E-state index is 0. The SMILES string of the molecule is COc1ccccc1N.[Na]. The normalized spacial score (nSPS) is 8.10. The monoisotopic (exact) mass is 146 g/mol. The maximum atomic E-state index is 5.51. The van der Waals surface area contributed by atoms with Gasteiger partial charge in [-0.3, -0.25) is 0 Å². The van der Waals surface area contributed by atoms with Crippen LogP contribution in [0.5, 0.6) is 5.75 Å². The summed E-state index contributed by atoms with van der Waals surface area (Å²) in [5.41, 5.74) is 6.19. The Balaban J connectivity index is 0.000000810. The molecule has 0 saturated heterocycles. The summed E-state index contributed by atoms with van der Waals surface area (Å²) in [6.45, 7) is 0. The molecule has 0 saturated carbocycles. The van der Waals surface area contributed by atoms with E-state index in [2.05, 4.69) is 0 Å². The molecule has 0 amide bonds. The number of methoxy groups -OCH3 is 1. The predicted molar refractivity (Wildman–Crippen MR) is 43.2 cm³/mol. The van der Waals surface area contributed by atoms with Crippen LogP contribution in [-0.4, -0.2) is 36.7 Å². The molecule has 0 aromatic heterocycles. The molecule has 1 rings (SSSR count). The zero-order valence-electron chi connectivity index (χ0n) is 6.29. The zero-order chi connectivity index (χ0) is 6.69. The van der Waals surface area contributed by atoms with Crippen LogP contribution in [0.3, 0.4) is 0 Å². The number of rotatable bonds is 1. The van der Waals surface area contributed by atoms with E-state index in [-0.39, 0.29) is 29.6 Å². The molecule has 1 aromatic rings. The number of nitrogen functional groups attached to an aromatic ring is 1. The van der Waals surface area contributed by atoms with Gasteiger partial charge in [-0.15, -0.1) is 0 Å². The van der Waals surface area contributed by atoms with Crippen LogP contribution in [0.15, 0.2) is 24.3 Å². The number of nitrogens with two attached hydrogens (primary N) is 1. The van der Waals surface area contributed by atoms with Crippen LogP contribution in [0, 0.1) is 0 Å². The second kappa shape index (κ2) is 4.61. The van der Waals surface area contributed by atoms with E-state index in [0.29, 0.717) is 5.69 Å². The Morgan fingerprint density at radius 2 is 1.90 bits per heavy atom. The van der Waals surface area contributed by atoms with E-state index in [1.807, 2.05) is 18.2 Å². The van der Waals surface area contributed by atoms with Crippen molar-refractivity contribution in [1.82, 2.24) is 0 Å². The Hall–Kier alpha value is -0.180. The first-order chi connectivity index (χ1) is 4.34. The van der Waals surface area contributed by atoms with Gasteiger partial charge in [-0.1, -0.05) is 12.1 Å². The van der Waals surface area contributed by atoms with Crippen molar-refractivity contribution in [3.05, 3.63) is 24.3 Å². The number of hydrogen-bond donors (Lipinski definition) is 1. The molecule has 2 nitrogen and oxygen atoms in total. The van der Waals surface area contributed by atoms with Gasteiger partial charge in [0.05, 0.1) is 12.8 Å². The molecule has 0 heterocycles. The third kappa shape index (κ3) is 2.21. The maximum Gasteiger partial charge on any atom is 0.141 e. The van der Waals surface area contributed by atoms with Crippen LogP contribution in [-0.2, 0) is 0 Å². The summed E-state index contributed by atoms with van der Waals surface area (Å²) < 4.78 is 4.92. The molecule has 0 atom stereocenters. The van der Waals surface area contributed by atoms with Crippen molar-refractivity contribution in [3.63, 3.8) is 0 Å². The molecule has 0 spiro atoms. The Kier molecular flexibility index (Phi) is 4.52. The van der Waals surface area contributed by atoms with Crippen molar-refractivity contribution in [3.8, 4) is 5.75 Å². The first-order valence-corrected chi connectivity index (χ1v) is 2.73. The van der Waals surface area contributed by atoms with Gasteiger partial charge in [0, 0.05) is 29.6 Å². The first-order valence-electron chi connectivity index (χ1n) is 2.73. The minimum Gasteiger partial charge on any atom is -0.495 e. The molecule has 1 radical (unpaired) electrons. The van der Waals surface area contributed by atoms with Gasteiger partial charge in [0.15, 0.2) is 0 Å². The summed E-state index contributed by atoms with van der Waals surface area (Å²) in [5, 5.41) is 0. The summed E-state index contributed by atoms with van der Waals surface area (Å²) in [6.07, 6.45) is 0. The molecule has 0 bridgehead atoms. The average molecular weight is 146 g/mol. The van der Waals surface area contributed by atoms with Crippen LogP contribution in [0.2, 0.25) is 0 Å². The standard InChI is InChI=1S/C7H9NO.Na/c1-9-7-5-3-2-4-6(7)8;/h2-5H,8H2,1H3;. The Bertz CT molecular complexity index is 203. The molecule has 0 aliphatic heterocycles. The summed E-state index contributed by atoms with van der Waals surface area (Å²) >= 11 is 0. The van der Waals surface area contributed by atoms with Crippen molar-refractivity contribution in [2.75, 3.05) is 12.8 Å². The van der Waals surface area contributed by atoms with Gasteiger partial charge in [-0.25, -0.2) is 0 Å². The number of para-hydroxylation sites is 2. The summed E-state index contributed by atoms with van der Waals surface area (Å²) in [6, 6.07) is 7.39. The van der Waals surface area contributed by atoms with Crippen molar-refractivity contribution in [2.45, 2.75) is 0 Å².